The van der Waals surface area contributed by atoms with Crippen LogP contribution in [0.5, 0.6) is 0 Å². The van der Waals surface area contributed by atoms with Crippen LogP contribution in [0.4, 0.5) is 0 Å². The van der Waals surface area contributed by atoms with Crippen LogP contribution in [0.2, 0.25) is 0 Å². The minimum absolute atomic E-state index is 0.0220. The van der Waals surface area contributed by atoms with Gasteiger partial charge < -0.3 is 10.5 Å². The molecule has 0 aliphatic carbocycles. The first-order chi connectivity index (χ1) is 9.49. The fraction of sp³-hybridized carbons (Fsp3) is 0.333. The second-order valence-electron chi connectivity index (χ2n) is 3.64. The minimum Gasteiger partial charge on any atom is -0.469 e. The molecule has 20 heavy (non-hydrogen) atoms. The summed E-state index contributed by atoms with van der Waals surface area (Å²) in [5, 5.41) is 0. The molecule has 0 radical (unpaired) electrons. The van der Waals surface area contributed by atoms with Gasteiger partial charge in [-0.3, -0.25) is 9.78 Å². The lowest BCUT2D eigenvalue weighted by Gasteiger charge is -2.06. The maximum absolute atomic E-state index is 12.0. The number of pyridine rings is 1. The smallest absolute Gasteiger partial charge is 0.306 e. The number of hydrogen-bond donors (Lipinski definition) is 2. The molecule has 3 N–H and O–H groups in total. The van der Waals surface area contributed by atoms with E-state index in [0.29, 0.717) is 5.56 Å². The van der Waals surface area contributed by atoms with Gasteiger partial charge in [0.1, 0.15) is 4.90 Å². The van der Waals surface area contributed by atoms with Crippen molar-refractivity contribution in [1.82, 2.24) is 9.71 Å². The molecule has 1 aromatic heterocycles. The van der Waals surface area contributed by atoms with E-state index in [1.807, 2.05) is 0 Å². The second-order valence-corrected chi connectivity index (χ2v) is 5.41. The van der Waals surface area contributed by atoms with Gasteiger partial charge in [0.05, 0.1) is 20.1 Å². The molecule has 0 atom stereocenters. The monoisotopic (exact) mass is 297 g/mol. The first kappa shape index (κ1) is 16.1. The van der Waals surface area contributed by atoms with Crippen molar-refractivity contribution >= 4 is 16.0 Å². The predicted molar refractivity (Wildman–Crippen MR) is 72.0 cm³/mol. The van der Waals surface area contributed by atoms with Crippen LogP contribution < -0.4 is 10.5 Å². The molecule has 108 valence electrons. The predicted octanol–water partition coefficient (Wildman–Crippen LogP) is -0.767. The molecule has 0 spiro atoms. The molecule has 0 aromatic carbocycles. The van der Waals surface area contributed by atoms with Gasteiger partial charge in [-0.15, -0.1) is 0 Å². The Labute approximate surface area is 117 Å². The van der Waals surface area contributed by atoms with Gasteiger partial charge in [0.15, 0.2) is 0 Å². The van der Waals surface area contributed by atoms with E-state index in [4.69, 9.17) is 5.73 Å². The fourth-order valence-corrected chi connectivity index (χ4v) is 2.28. The standard InChI is InChI=1S/C12H15N3O4S/c1-19-12(16)4-6-15-20(17,18)11-7-10(3-2-5-13)8-14-9-11/h7-9,15H,4-6,13H2,1H3. The van der Waals surface area contributed by atoms with Crippen LogP contribution in [0.1, 0.15) is 12.0 Å². The topological polar surface area (TPSA) is 111 Å². The van der Waals surface area contributed by atoms with Crippen LogP contribution >= 0.6 is 0 Å². The molecule has 7 nitrogen and oxygen atoms in total. The number of rotatable bonds is 5. The average molecular weight is 297 g/mol. The quantitative estimate of drug-likeness (QED) is 0.545. The van der Waals surface area contributed by atoms with Crippen molar-refractivity contribution in [2.45, 2.75) is 11.3 Å². The number of esters is 1. The third-order valence-corrected chi connectivity index (χ3v) is 3.64. The second kappa shape index (κ2) is 7.59. The molecular formula is C12H15N3O4S. The van der Waals surface area contributed by atoms with Crippen molar-refractivity contribution in [3.8, 4) is 11.8 Å². The number of nitrogens with zero attached hydrogens (tertiary/aromatic N) is 1. The van der Waals surface area contributed by atoms with Crippen molar-refractivity contribution < 1.29 is 17.9 Å². The summed E-state index contributed by atoms with van der Waals surface area (Å²) >= 11 is 0. The van der Waals surface area contributed by atoms with E-state index in [1.54, 1.807) is 0 Å². The molecule has 1 aromatic rings. The minimum atomic E-state index is -3.73. The first-order valence-corrected chi connectivity index (χ1v) is 7.18. The van der Waals surface area contributed by atoms with Crippen LogP contribution in [-0.4, -0.2) is 39.6 Å². The van der Waals surface area contributed by atoms with E-state index in [9.17, 15) is 13.2 Å². The Balaban J connectivity index is 2.79. The lowest BCUT2D eigenvalue weighted by Crippen LogP contribution is -2.26. The Kier molecular flexibility index (Phi) is 6.11. The molecule has 0 aliphatic rings. The Morgan fingerprint density at radius 1 is 1.50 bits per heavy atom. The molecule has 0 amide bonds. The van der Waals surface area contributed by atoms with E-state index in [-0.39, 0.29) is 24.4 Å². The van der Waals surface area contributed by atoms with Gasteiger partial charge in [-0.25, -0.2) is 13.1 Å². The Morgan fingerprint density at radius 2 is 2.25 bits per heavy atom. The van der Waals surface area contributed by atoms with E-state index >= 15 is 0 Å². The number of hydrogen-bond acceptors (Lipinski definition) is 6. The third-order valence-electron chi connectivity index (χ3n) is 2.21. The molecular weight excluding hydrogens is 282 g/mol. The summed E-state index contributed by atoms with van der Waals surface area (Å²) in [6.45, 7) is 0.127. The summed E-state index contributed by atoms with van der Waals surface area (Å²) in [5.74, 6) is 4.81. The average Bonchev–Trinajstić information content (AvgIpc) is 2.45. The zero-order chi connectivity index (χ0) is 15.0. The fourth-order valence-electron chi connectivity index (χ4n) is 1.26. The molecule has 0 saturated heterocycles. The van der Waals surface area contributed by atoms with E-state index in [1.165, 1.54) is 25.6 Å². The highest BCUT2D eigenvalue weighted by molar-refractivity contribution is 7.89. The molecule has 1 rings (SSSR count). The summed E-state index contributed by atoms with van der Waals surface area (Å²) in [4.78, 5) is 14.7. The normalized spacial score (nSPS) is 10.5. The van der Waals surface area contributed by atoms with Gasteiger partial charge in [-0.05, 0) is 6.07 Å². The maximum atomic E-state index is 12.0. The zero-order valence-electron chi connectivity index (χ0n) is 10.9. The van der Waals surface area contributed by atoms with Gasteiger partial charge >= 0.3 is 5.97 Å². The summed E-state index contributed by atoms with van der Waals surface area (Å²) < 4.78 is 30.6. The van der Waals surface area contributed by atoms with Crippen molar-refractivity contribution in [2.24, 2.45) is 5.73 Å². The van der Waals surface area contributed by atoms with Crippen LogP contribution in [0, 0.1) is 11.8 Å². The zero-order valence-corrected chi connectivity index (χ0v) is 11.7. The first-order valence-electron chi connectivity index (χ1n) is 5.70. The van der Waals surface area contributed by atoms with Gasteiger partial charge in [0.25, 0.3) is 0 Å². The summed E-state index contributed by atoms with van der Waals surface area (Å²) in [5.41, 5.74) is 5.69. The summed E-state index contributed by atoms with van der Waals surface area (Å²) in [6, 6.07) is 1.39. The highest BCUT2D eigenvalue weighted by Crippen LogP contribution is 2.08. The van der Waals surface area contributed by atoms with Crippen LogP contribution in [0.25, 0.3) is 0 Å². The summed E-state index contributed by atoms with van der Waals surface area (Å²) in [6.07, 6.45) is 2.60. The lowest BCUT2D eigenvalue weighted by atomic mass is 10.3. The van der Waals surface area contributed by atoms with Crippen molar-refractivity contribution in [1.29, 1.82) is 0 Å². The van der Waals surface area contributed by atoms with Crippen molar-refractivity contribution in [3.05, 3.63) is 24.0 Å². The van der Waals surface area contributed by atoms with Gasteiger partial charge in [0.2, 0.25) is 10.0 Å². The Bertz CT molecular complexity index is 632. The van der Waals surface area contributed by atoms with Crippen LogP contribution in [-0.2, 0) is 19.6 Å². The number of nitrogens with one attached hydrogen (secondary N) is 1. The largest absolute Gasteiger partial charge is 0.469 e. The van der Waals surface area contributed by atoms with Gasteiger partial charge in [-0.2, -0.15) is 0 Å². The molecule has 0 aliphatic heterocycles. The Hall–Kier alpha value is -1.95. The van der Waals surface area contributed by atoms with Crippen molar-refractivity contribution in [2.75, 3.05) is 20.2 Å². The number of methoxy groups -OCH3 is 1. The van der Waals surface area contributed by atoms with Crippen molar-refractivity contribution in [3.63, 3.8) is 0 Å². The van der Waals surface area contributed by atoms with Gasteiger partial charge in [0, 0.05) is 24.5 Å². The molecule has 1 heterocycles. The molecule has 0 fully saturated rings. The van der Waals surface area contributed by atoms with Crippen LogP contribution in [0.3, 0.4) is 0 Å². The number of aromatic nitrogens is 1. The van der Waals surface area contributed by atoms with E-state index in [0.717, 1.165) is 0 Å². The lowest BCUT2D eigenvalue weighted by molar-refractivity contribution is -0.140. The molecule has 0 unspecified atom stereocenters. The third kappa shape index (κ3) is 4.97. The molecule has 0 saturated carbocycles. The summed E-state index contributed by atoms with van der Waals surface area (Å²) in [7, 11) is -2.49. The number of nitrogens with two attached hydrogens (primary N) is 1. The number of carbonyl (C=O) groups excluding carboxylic acids is 1. The molecule has 0 bridgehead atoms. The van der Waals surface area contributed by atoms with Crippen LogP contribution in [0.15, 0.2) is 23.4 Å². The van der Waals surface area contributed by atoms with E-state index in [2.05, 4.69) is 26.3 Å². The SMILES string of the molecule is COC(=O)CCNS(=O)(=O)c1cncc(C#CCN)c1. The Morgan fingerprint density at radius 3 is 2.90 bits per heavy atom. The highest BCUT2D eigenvalue weighted by Gasteiger charge is 2.15. The molecule has 8 heteroatoms. The van der Waals surface area contributed by atoms with E-state index < -0.39 is 16.0 Å². The van der Waals surface area contributed by atoms with Gasteiger partial charge in [-0.1, -0.05) is 11.8 Å². The maximum Gasteiger partial charge on any atom is 0.306 e. The number of ether oxygens (including phenoxy) is 1. The number of sulfonamides is 1. The number of carbonyl (C=O) groups is 1. The highest BCUT2D eigenvalue weighted by atomic mass is 32.2.